The first-order valence-electron chi connectivity index (χ1n) is 5.83. The minimum absolute atomic E-state index is 0.169. The van der Waals surface area contributed by atoms with Gasteiger partial charge in [0.05, 0.1) is 17.9 Å². The van der Waals surface area contributed by atoms with Crippen LogP contribution in [0.15, 0.2) is 52.2 Å². The lowest BCUT2D eigenvalue weighted by Crippen LogP contribution is -2.28. The van der Waals surface area contributed by atoms with Crippen molar-refractivity contribution in [3.8, 4) is 0 Å². The van der Waals surface area contributed by atoms with Gasteiger partial charge in [0.2, 0.25) is 0 Å². The largest absolute Gasteiger partial charge is 0.472 e. The molecule has 0 unspecified atom stereocenters. The highest BCUT2D eigenvalue weighted by atomic mass is 32.2. The van der Waals surface area contributed by atoms with E-state index < -0.39 is 6.10 Å². The third-order valence-corrected chi connectivity index (χ3v) is 3.48. The Morgan fingerprint density at radius 1 is 1.37 bits per heavy atom. The molecule has 19 heavy (non-hydrogen) atoms. The molecule has 0 radical (unpaired) electrons. The van der Waals surface area contributed by atoms with E-state index in [0.717, 1.165) is 10.5 Å². The lowest BCUT2D eigenvalue weighted by molar-refractivity contribution is 0.0915. The van der Waals surface area contributed by atoms with Gasteiger partial charge in [-0.3, -0.25) is 4.79 Å². The molecule has 0 bridgehead atoms. The van der Waals surface area contributed by atoms with Crippen LogP contribution in [0.4, 0.5) is 0 Å². The Bertz CT molecular complexity index is 522. The Kier molecular flexibility index (Phi) is 4.65. The lowest BCUT2D eigenvalue weighted by atomic mass is 10.1. The lowest BCUT2D eigenvalue weighted by Gasteiger charge is -2.12. The van der Waals surface area contributed by atoms with Crippen molar-refractivity contribution in [3.05, 3.63) is 54.0 Å². The summed E-state index contributed by atoms with van der Waals surface area (Å²) in [6, 6.07) is 9.19. The molecule has 1 aromatic heterocycles. The smallest absolute Gasteiger partial charge is 0.254 e. The number of amides is 1. The van der Waals surface area contributed by atoms with E-state index in [9.17, 15) is 9.90 Å². The summed E-state index contributed by atoms with van der Waals surface area (Å²) in [4.78, 5) is 12.8. The molecule has 0 saturated carbocycles. The van der Waals surface area contributed by atoms with Crippen molar-refractivity contribution < 1.29 is 14.3 Å². The van der Waals surface area contributed by atoms with E-state index in [-0.39, 0.29) is 12.5 Å². The number of hydrogen-bond acceptors (Lipinski definition) is 4. The first-order chi connectivity index (χ1) is 9.20. The molecule has 0 saturated heterocycles. The number of aliphatic hydroxyl groups is 1. The molecule has 5 heteroatoms. The summed E-state index contributed by atoms with van der Waals surface area (Å²) in [6.07, 6.45) is 4.09. The number of benzene rings is 1. The zero-order valence-corrected chi connectivity index (χ0v) is 11.3. The van der Waals surface area contributed by atoms with Gasteiger partial charge in [-0.15, -0.1) is 11.8 Å². The standard InChI is InChI=1S/C14H15NO3S/c1-19-12-4-2-10(3-5-12)13(16)8-15-14(17)11-6-7-18-9-11/h2-7,9,13,16H,8H2,1H3,(H,15,17)/t13-/m1/s1. The molecule has 0 fully saturated rings. The van der Waals surface area contributed by atoms with Crippen LogP contribution in [0.25, 0.3) is 0 Å². The first kappa shape index (κ1) is 13.7. The van der Waals surface area contributed by atoms with Crippen LogP contribution in [0.2, 0.25) is 0 Å². The minimum atomic E-state index is -0.716. The monoisotopic (exact) mass is 277 g/mol. The van der Waals surface area contributed by atoms with Gasteiger partial charge in [0.1, 0.15) is 6.26 Å². The molecule has 0 aliphatic rings. The molecule has 1 heterocycles. The molecule has 4 nitrogen and oxygen atoms in total. The Balaban J connectivity index is 1.90. The zero-order chi connectivity index (χ0) is 13.7. The van der Waals surface area contributed by atoms with Gasteiger partial charge in [0.25, 0.3) is 5.91 Å². The fourth-order valence-corrected chi connectivity index (χ4v) is 2.04. The number of nitrogens with one attached hydrogen (secondary N) is 1. The van der Waals surface area contributed by atoms with Crippen LogP contribution >= 0.6 is 11.8 Å². The topological polar surface area (TPSA) is 62.5 Å². The molecular formula is C14H15NO3S. The fraction of sp³-hybridized carbons (Fsp3) is 0.214. The van der Waals surface area contributed by atoms with E-state index in [0.29, 0.717) is 5.56 Å². The summed E-state index contributed by atoms with van der Waals surface area (Å²) in [5.74, 6) is -0.256. The number of furan rings is 1. The highest BCUT2D eigenvalue weighted by Gasteiger charge is 2.11. The van der Waals surface area contributed by atoms with Crippen LogP contribution < -0.4 is 5.32 Å². The van der Waals surface area contributed by atoms with Gasteiger partial charge < -0.3 is 14.8 Å². The molecule has 0 aliphatic carbocycles. The van der Waals surface area contributed by atoms with Gasteiger partial charge in [-0.1, -0.05) is 12.1 Å². The van der Waals surface area contributed by atoms with Gasteiger partial charge in [-0.25, -0.2) is 0 Å². The SMILES string of the molecule is CSc1ccc([C@H](O)CNC(=O)c2ccoc2)cc1. The maximum absolute atomic E-state index is 11.7. The fourth-order valence-electron chi connectivity index (χ4n) is 1.63. The van der Waals surface area contributed by atoms with E-state index in [2.05, 4.69) is 5.32 Å². The average Bonchev–Trinajstić information content (AvgIpc) is 2.98. The predicted molar refractivity (Wildman–Crippen MR) is 74.2 cm³/mol. The molecular weight excluding hydrogens is 262 g/mol. The summed E-state index contributed by atoms with van der Waals surface area (Å²) >= 11 is 1.64. The van der Waals surface area contributed by atoms with E-state index in [4.69, 9.17) is 4.42 Å². The van der Waals surface area contributed by atoms with Crippen molar-refractivity contribution in [2.45, 2.75) is 11.0 Å². The van der Waals surface area contributed by atoms with Crippen LogP contribution in [0.3, 0.4) is 0 Å². The summed E-state index contributed by atoms with van der Waals surface area (Å²) in [5.41, 5.74) is 1.23. The highest BCUT2D eigenvalue weighted by molar-refractivity contribution is 7.98. The van der Waals surface area contributed by atoms with Gasteiger partial charge in [-0.05, 0) is 30.0 Å². The first-order valence-corrected chi connectivity index (χ1v) is 7.05. The predicted octanol–water partition coefficient (Wildman–Crippen LogP) is 2.46. The van der Waals surface area contributed by atoms with Crippen LogP contribution in [-0.2, 0) is 0 Å². The van der Waals surface area contributed by atoms with Gasteiger partial charge >= 0.3 is 0 Å². The number of carbonyl (C=O) groups excluding carboxylic acids is 1. The minimum Gasteiger partial charge on any atom is -0.472 e. The van der Waals surface area contributed by atoms with E-state index in [1.54, 1.807) is 17.8 Å². The molecule has 0 spiro atoms. The molecule has 1 amide bonds. The van der Waals surface area contributed by atoms with Crippen molar-refractivity contribution >= 4 is 17.7 Å². The molecule has 0 aliphatic heterocycles. The molecule has 100 valence electrons. The number of hydrogen-bond donors (Lipinski definition) is 2. The van der Waals surface area contributed by atoms with Crippen molar-refractivity contribution in [1.29, 1.82) is 0 Å². The van der Waals surface area contributed by atoms with Gasteiger partial charge in [0, 0.05) is 11.4 Å². The Morgan fingerprint density at radius 3 is 2.68 bits per heavy atom. The van der Waals surface area contributed by atoms with Crippen LogP contribution in [-0.4, -0.2) is 23.8 Å². The van der Waals surface area contributed by atoms with E-state index in [1.165, 1.54) is 12.5 Å². The van der Waals surface area contributed by atoms with Crippen molar-refractivity contribution in [2.24, 2.45) is 0 Å². The maximum Gasteiger partial charge on any atom is 0.254 e. The van der Waals surface area contributed by atoms with E-state index >= 15 is 0 Å². The highest BCUT2D eigenvalue weighted by Crippen LogP contribution is 2.18. The van der Waals surface area contributed by atoms with Crippen molar-refractivity contribution in [1.82, 2.24) is 5.32 Å². The average molecular weight is 277 g/mol. The van der Waals surface area contributed by atoms with Crippen LogP contribution in [0, 0.1) is 0 Å². The second-order valence-corrected chi connectivity index (χ2v) is 4.89. The third-order valence-electron chi connectivity index (χ3n) is 2.74. The van der Waals surface area contributed by atoms with E-state index in [1.807, 2.05) is 30.5 Å². The third kappa shape index (κ3) is 3.62. The number of thioether (sulfide) groups is 1. The van der Waals surface area contributed by atoms with Crippen molar-refractivity contribution in [2.75, 3.05) is 12.8 Å². The molecule has 1 atom stereocenters. The molecule has 1 aromatic carbocycles. The van der Waals surface area contributed by atoms with Crippen LogP contribution in [0.5, 0.6) is 0 Å². The van der Waals surface area contributed by atoms with Crippen LogP contribution in [0.1, 0.15) is 22.0 Å². The second-order valence-electron chi connectivity index (χ2n) is 4.01. The number of aliphatic hydroxyl groups excluding tert-OH is 1. The summed E-state index contributed by atoms with van der Waals surface area (Å²) in [7, 11) is 0. The zero-order valence-electron chi connectivity index (χ0n) is 10.5. The number of rotatable bonds is 5. The summed E-state index contributed by atoms with van der Waals surface area (Å²) in [6.45, 7) is 0.169. The second kappa shape index (κ2) is 6.45. The molecule has 2 rings (SSSR count). The van der Waals surface area contributed by atoms with Gasteiger partial charge in [-0.2, -0.15) is 0 Å². The Morgan fingerprint density at radius 2 is 2.11 bits per heavy atom. The Labute approximate surface area is 115 Å². The van der Waals surface area contributed by atoms with Gasteiger partial charge in [0.15, 0.2) is 0 Å². The quantitative estimate of drug-likeness (QED) is 0.824. The number of carbonyl (C=O) groups is 1. The summed E-state index contributed by atoms with van der Waals surface area (Å²) in [5, 5.41) is 12.6. The molecule has 2 N–H and O–H groups in total. The van der Waals surface area contributed by atoms with Crippen molar-refractivity contribution in [3.63, 3.8) is 0 Å². The maximum atomic E-state index is 11.7. The normalized spacial score (nSPS) is 12.1. The summed E-state index contributed by atoms with van der Waals surface area (Å²) < 4.78 is 4.83. The Hall–Kier alpha value is -1.72. The molecule has 2 aromatic rings.